The van der Waals surface area contributed by atoms with Crippen molar-refractivity contribution in [1.82, 2.24) is 14.9 Å². The zero-order valence-electron chi connectivity index (χ0n) is 9.40. The first-order chi connectivity index (χ1) is 7.12. The van der Waals surface area contributed by atoms with Gasteiger partial charge in [0.05, 0.1) is 0 Å². The lowest BCUT2D eigenvalue weighted by atomic mass is 9.83. The number of nitrogens with one attached hydrogen (secondary N) is 1. The fourth-order valence-electron chi connectivity index (χ4n) is 2.37. The van der Waals surface area contributed by atoms with Gasteiger partial charge in [-0.1, -0.05) is 0 Å². The van der Waals surface area contributed by atoms with Crippen LogP contribution < -0.4 is 5.32 Å². The van der Waals surface area contributed by atoms with E-state index in [-0.39, 0.29) is 5.92 Å². The molecule has 0 radical (unpaired) electrons. The molecule has 4 heteroatoms. The van der Waals surface area contributed by atoms with Gasteiger partial charge in [0, 0.05) is 31.9 Å². The van der Waals surface area contributed by atoms with Gasteiger partial charge in [-0.25, -0.2) is 4.98 Å². The minimum absolute atomic E-state index is 0.257. The summed E-state index contributed by atoms with van der Waals surface area (Å²) in [6.45, 7) is 3.81. The van der Waals surface area contributed by atoms with Crippen LogP contribution in [-0.4, -0.2) is 27.7 Å². The van der Waals surface area contributed by atoms with Crippen molar-refractivity contribution in [2.75, 3.05) is 13.1 Å². The average Bonchev–Trinajstić information content (AvgIpc) is 2.66. The summed E-state index contributed by atoms with van der Waals surface area (Å²) in [4.78, 5) is 4.25. The second-order valence-electron chi connectivity index (χ2n) is 4.55. The van der Waals surface area contributed by atoms with E-state index in [0.717, 1.165) is 31.8 Å². The Labute approximate surface area is 90.3 Å². The predicted octanol–water partition coefficient (Wildman–Crippen LogP) is 0.627. The molecule has 1 aromatic rings. The monoisotopic (exact) mass is 209 g/mol. The van der Waals surface area contributed by atoms with Crippen molar-refractivity contribution in [3.8, 4) is 0 Å². The number of hydrogen-bond donors (Lipinski definition) is 2. The Morgan fingerprint density at radius 2 is 2.47 bits per heavy atom. The maximum absolute atomic E-state index is 10.6. The second-order valence-corrected chi connectivity index (χ2v) is 4.55. The van der Waals surface area contributed by atoms with Gasteiger partial charge in [0.25, 0.3) is 0 Å². The maximum Gasteiger partial charge on any atom is 0.140 e. The average molecular weight is 209 g/mol. The molecule has 2 rings (SSSR count). The molecule has 2 unspecified atom stereocenters. The summed E-state index contributed by atoms with van der Waals surface area (Å²) in [5.74, 6) is 1.02. The fourth-order valence-corrected chi connectivity index (χ4v) is 2.37. The molecule has 2 atom stereocenters. The number of hydrogen-bond acceptors (Lipinski definition) is 3. The van der Waals surface area contributed by atoms with Gasteiger partial charge in [-0.05, 0) is 26.3 Å². The minimum Gasteiger partial charge on any atom is -0.382 e. The van der Waals surface area contributed by atoms with Gasteiger partial charge < -0.3 is 15.0 Å². The maximum atomic E-state index is 10.6. The lowest BCUT2D eigenvalue weighted by Gasteiger charge is -2.35. The van der Waals surface area contributed by atoms with E-state index in [4.69, 9.17) is 0 Å². The zero-order valence-corrected chi connectivity index (χ0v) is 9.40. The van der Waals surface area contributed by atoms with Crippen molar-refractivity contribution in [3.05, 3.63) is 18.2 Å². The van der Waals surface area contributed by atoms with E-state index in [1.54, 1.807) is 6.20 Å². The van der Waals surface area contributed by atoms with E-state index >= 15 is 0 Å². The van der Waals surface area contributed by atoms with Crippen LogP contribution in [0.5, 0.6) is 0 Å². The molecule has 0 saturated carbocycles. The molecule has 4 nitrogen and oxygen atoms in total. The quantitative estimate of drug-likeness (QED) is 0.751. The van der Waals surface area contributed by atoms with E-state index in [1.807, 2.05) is 24.7 Å². The van der Waals surface area contributed by atoms with Gasteiger partial charge in [0.15, 0.2) is 0 Å². The van der Waals surface area contributed by atoms with Gasteiger partial charge in [0.1, 0.15) is 11.4 Å². The van der Waals surface area contributed by atoms with Crippen LogP contribution in [0.15, 0.2) is 12.4 Å². The standard InChI is InChI=1S/C11H19N3O/c1-11(15,9-4-3-5-12-8-9)10-13-6-7-14(10)2/h6-7,9,12,15H,3-5,8H2,1-2H3. The number of aryl methyl sites for hydroxylation is 1. The molecule has 2 N–H and O–H groups in total. The van der Waals surface area contributed by atoms with Gasteiger partial charge >= 0.3 is 0 Å². The topological polar surface area (TPSA) is 50.1 Å². The Morgan fingerprint density at radius 3 is 3.00 bits per heavy atom. The van der Waals surface area contributed by atoms with Gasteiger partial charge in [0.2, 0.25) is 0 Å². The summed E-state index contributed by atoms with van der Waals surface area (Å²) in [5.41, 5.74) is -0.828. The van der Waals surface area contributed by atoms with Crippen LogP contribution in [0, 0.1) is 5.92 Å². The van der Waals surface area contributed by atoms with E-state index in [9.17, 15) is 5.11 Å². The van der Waals surface area contributed by atoms with Crippen LogP contribution in [0.2, 0.25) is 0 Å². The highest BCUT2D eigenvalue weighted by atomic mass is 16.3. The smallest absolute Gasteiger partial charge is 0.140 e. The number of aromatic nitrogens is 2. The number of piperidine rings is 1. The number of nitrogens with zero attached hydrogens (tertiary/aromatic N) is 2. The molecule has 1 aromatic heterocycles. The van der Waals surface area contributed by atoms with Crippen molar-refractivity contribution < 1.29 is 5.11 Å². The summed E-state index contributed by atoms with van der Waals surface area (Å²) in [6, 6.07) is 0. The Kier molecular flexibility index (Phi) is 2.80. The van der Waals surface area contributed by atoms with Crippen molar-refractivity contribution in [2.24, 2.45) is 13.0 Å². The van der Waals surface area contributed by atoms with Crippen molar-refractivity contribution in [1.29, 1.82) is 0 Å². The molecule has 1 aliphatic heterocycles. The van der Waals surface area contributed by atoms with Gasteiger partial charge in [-0.3, -0.25) is 0 Å². The molecule has 0 bridgehead atoms. The summed E-state index contributed by atoms with van der Waals surface area (Å²) >= 11 is 0. The molecule has 15 heavy (non-hydrogen) atoms. The summed E-state index contributed by atoms with van der Waals surface area (Å²) in [7, 11) is 1.92. The third-order valence-electron chi connectivity index (χ3n) is 3.37. The van der Waals surface area contributed by atoms with E-state index in [2.05, 4.69) is 10.3 Å². The first-order valence-corrected chi connectivity index (χ1v) is 5.53. The normalized spacial score (nSPS) is 26.2. The first-order valence-electron chi connectivity index (χ1n) is 5.53. The van der Waals surface area contributed by atoms with Crippen molar-refractivity contribution in [2.45, 2.75) is 25.4 Å². The highest BCUT2D eigenvalue weighted by molar-refractivity contribution is 5.06. The Hall–Kier alpha value is -0.870. The lowest BCUT2D eigenvalue weighted by molar-refractivity contribution is -0.0255. The van der Waals surface area contributed by atoms with Crippen LogP contribution in [0.25, 0.3) is 0 Å². The number of imidazole rings is 1. The third kappa shape index (κ3) is 1.92. The molecule has 1 saturated heterocycles. The predicted molar refractivity (Wildman–Crippen MR) is 58.4 cm³/mol. The highest BCUT2D eigenvalue weighted by Gasteiger charge is 2.37. The zero-order chi connectivity index (χ0) is 10.9. The molecule has 0 aromatic carbocycles. The minimum atomic E-state index is -0.828. The Bertz CT molecular complexity index is 326. The highest BCUT2D eigenvalue weighted by Crippen LogP contribution is 2.31. The number of rotatable bonds is 2. The summed E-state index contributed by atoms with van der Waals surface area (Å²) in [6.07, 6.45) is 5.80. The fraction of sp³-hybridized carbons (Fsp3) is 0.727. The van der Waals surface area contributed by atoms with E-state index in [1.165, 1.54) is 0 Å². The van der Waals surface area contributed by atoms with Crippen LogP contribution in [0.1, 0.15) is 25.6 Å². The Morgan fingerprint density at radius 1 is 1.67 bits per heavy atom. The van der Waals surface area contributed by atoms with Crippen LogP contribution in [0.4, 0.5) is 0 Å². The molecule has 0 amide bonds. The van der Waals surface area contributed by atoms with Gasteiger partial charge in [-0.15, -0.1) is 0 Å². The molecule has 0 aliphatic carbocycles. The molecule has 1 fully saturated rings. The molecule has 84 valence electrons. The van der Waals surface area contributed by atoms with Crippen molar-refractivity contribution in [3.63, 3.8) is 0 Å². The third-order valence-corrected chi connectivity index (χ3v) is 3.37. The summed E-state index contributed by atoms with van der Waals surface area (Å²) < 4.78 is 1.90. The second kappa shape index (κ2) is 3.94. The van der Waals surface area contributed by atoms with E-state index in [0.29, 0.717) is 0 Å². The molecule has 1 aliphatic rings. The molecular weight excluding hydrogens is 190 g/mol. The lowest BCUT2D eigenvalue weighted by Crippen LogP contribution is -2.43. The Balaban J connectivity index is 2.21. The molecular formula is C11H19N3O. The van der Waals surface area contributed by atoms with Crippen LogP contribution >= 0.6 is 0 Å². The number of aliphatic hydroxyl groups is 1. The molecule has 0 spiro atoms. The van der Waals surface area contributed by atoms with Gasteiger partial charge in [-0.2, -0.15) is 0 Å². The SMILES string of the molecule is Cn1ccnc1C(C)(O)C1CCCNC1. The largest absolute Gasteiger partial charge is 0.382 e. The van der Waals surface area contributed by atoms with E-state index < -0.39 is 5.60 Å². The van der Waals surface area contributed by atoms with Crippen LogP contribution in [-0.2, 0) is 12.6 Å². The first kappa shape index (κ1) is 10.6. The summed E-state index contributed by atoms with van der Waals surface area (Å²) in [5, 5.41) is 13.9. The molecule has 2 heterocycles. The van der Waals surface area contributed by atoms with Crippen LogP contribution in [0.3, 0.4) is 0 Å². The van der Waals surface area contributed by atoms with Crippen molar-refractivity contribution >= 4 is 0 Å².